The summed E-state index contributed by atoms with van der Waals surface area (Å²) in [5.74, 6) is 0.225. The summed E-state index contributed by atoms with van der Waals surface area (Å²) in [6.07, 6.45) is 4.18. The van der Waals surface area contributed by atoms with Crippen LogP contribution in [0.1, 0.15) is 25.7 Å². The van der Waals surface area contributed by atoms with E-state index in [2.05, 4.69) is 5.32 Å². The van der Waals surface area contributed by atoms with E-state index < -0.39 is 0 Å². The molecular weight excluding hydrogens is 141 g/mol. The van der Waals surface area contributed by atoms with Crippen molar-refractivity contribution in [1.82, 2.24) is 5.32 Å². The van der Waals surface area contributed by atoms with Gasteiger partial charge < -0.3 is 5.32 Å². The van der Waals surface area contributed by atoms with Crippen molar-refractivity contribution in [3.05, 3.63) is 0 Å². The Morgan fingerprint density at radius 3 is 2.78 bits per heavy atom. The molecule has 0 aliphatic carbocycles. The van der Waals surface area contributed by atoms with Crippen LogP contribution in [0.25, 0.3) is 0 Å². The first-order valence-corrected chi connectivity index (χ1v) is 3.16. The molecule has 1 amide bonds. The third kappa shape index (κ3) is 4.50. The van der Waals surface area contributed by atoms with Crippen LogP contribution >= 0.6 is 0 Å². The second kappa shape index (κ2) is 5.86. The SMILES string of the molecule is O=C1CCCCCN1.[KH]. The number of carbonyl (C=O) groups is 1. The van der Waals surface area contributed by atoms with Crippen molar-refractivity contribution in [3.63, 3.8) is 0 Å². The molecule has 2 nitrogen and oxygen atoms in total. The number of hydrogen-bond acceptors (Lipinski definition) is 1. The molecular formula is C6H12KNO. The van der Waals surface area contributed by atoms with Gasteiger partial charge in [0, 0.05) is 13.0 Å². The van der Waals surface area contributed by atoms with Gasteiger partial charge in [-0.05, 0) is 12.8 Å². The fourth-order valence-electron chi connectivity index (χ4n) is 0.904. The van der Waals surface area contributed by atoms with Crippen LogP contribution < -0.4 is 5.32 Å². The van der Waals surface area contributed by atoms with E-state index in [1.54, 1.807) is 0 Å². The zero-order valence-corrected chi connectivity index (χ0v) is 4.94. The van der Waals surface area contributed by atoms with Crippen LogP contribution in [0.2, 0.25) is 0 Å². The molecule has 1 N–H and O–H groups in total. The van der Waals surface area contributed by atoms with Crippen LogP contribution in [0, 0.1) is 0 Å². The molecule has 9 heavy (non-hydrogen) atoms. The van der Waals surface area contributed by atoms with Gasteiger partial charge in [-0.1, -0.05) is 6.42 Å². The van der Waals surface area contributed by atoms with E-state index in [0.29, 0.717) is 0 Å². The first kappa shape index (κ1) is 10.1. The monoisotopic (exact) mass is 153 g/mol. The first-order chi connectivity index (χ1) is 3.89. The van der Waals surface area contributed by atoms with Crippen molar-refractivity contribution in [1.29, 1.82) is 0 Å². The van der Waals surface area contributed by atoms with E-state index in [1.807, 2.05) is 0 Å². The summed E-state index contributed by atoms with van der Waals surface area (Å²) in [6.45, 7) is 0.888. The van der Waals surface area contributed by atoms with Gasteiger partial charge in [0.2, 0.25) is 5.91 Å². The summed E-state index contributed by atoms with van der Waals surface area (Å²) >= 11 is 0. The molecule has 1 heterocycles. The van der Waals surface area contributed by atoms with Gasteiger partial charge in [-0.2, -0.15) is 0 Å². The molecule has 0 aromatic carbocycles. The minimum absolute atomic E-state index is 0. The predicted octanol–water partition coefficient (Wildman–Crippen LogP) is 0.0281. The second-order valence-electron chi connectivity index (χ2n) is 2.16. The maximum absolute atomic E-state index is 10.6. The topological polar surface area (TPSA) is 29.1 Å². The number of amides is 1. The Morgan fingerprint density at radius 2 is 2.00 bits per heavy atom. The van der Waals surface area contributed by atoms with E-state index in [9.17, 15) is 4.79 Å². The van der Waals surface area contributed by atoms with Gasteiger partial charge in [-0.15, -0.1) is 0 Å². The van der Waals surface area contributed by atoms with Crippen molar-refractivity contribution in [2.45, 2.75) is 25.7 Å². The summed E-state index contributed by atoms with van der Waals surface area (Å²) in [5.41, 5.74) is 0. The van der Waals surface area contributed by atoms with E-state index in [-0.39, 0.29) is 57.3 Å². The summed E-state index contributed by atoms with van der Waals surface area (Å²) < 4.78 is 0. The van der Waals surface area contributed by atoms with Gasteiger partial charge in [0.05, 0.1) is 0 Å². The third-order valence-electron chi connectivity index (χ3n) is 1.40. The molecule has 1 fully saturated rings. The minimum atomic E-state index is 0. The normalized spacial score (nSPS) is 19.3. The van der Waals surface area contributed by atoms with Crippen molar-refractivity contribution < 1.29 is 4.79 Å². The molecule has 0 unspecified atom stereocenters. The van der Waals surface area contributed by atoms with E-state index in [4.69, 9.17) is 0 Å². The van der Waals surface area contributed by atoms with Crippen LogP contribution in [-0.2, 0) is 4.79 Å². The predicted molar refractivity (Wildman–Crippen MR) is 38.6 cm³/mol. The molecule has 0 spiro atoms. The number of nitrogens with one attached hydrogen (secondary N) is 1. The molecule has 48 valence electrons. The molecule has 1 saturated heterocycles. The molecule has 0 aromatic rings. The van der Waals surface area contributed by atoms with E-state index >= 15 is 0 Å². The zero-order chi connectivity index (χ0) is 5.82. The summed E-state index contributed by atoms with van der Waals surface area (Å²) in [7, 11) is 0. The average Bonchev–Trinajstić information content (AvgIpc) is 1.94. The van der Waals surface area contributed by atoms with Gasteiger partial charge >= 0.3 is 51.4 Å². The van der Waals surface area contributed by atoms with Crippen molar-refractivity contribution in [2.75, 3.05) is 6.54 Å². The molecule has 1 aliphatic rings. The molecule has 0 aromatic heterocycles. The van der Waals surface area contributed by atoms with Crippen molar-refractivity contribution in [3.8, 4) is 0 Å². The van der Waals surface area contributed by atoms with Gasteiger partial charge in [-0.3, -0.25) is 4.79 Å². The number of carbonyl (C=O) groups excluding carboxylic acids is 1. The fourth-order valence-corrected chi connectivity index (χ4v) is 0.904. The van der Waals surface area contributed by atoms with Gasteiger partial charge in [0.1, 0.15) is 0 Å². The molecule has 1 rings (SSSR count). The quantitative estimate of drug-likeness (QED) is 0.489. The molecule has 0 atom stereocenters. The fraction of sp³-hybridized carbons (Fsp3) is 0.833. The molecule has 0 radical (unpaired) electrons. The van der Waals surface area contributed by atoms with Crippen LogP contribution in [0.4, 0.5) is 0 Å². The Labute approximate surface area is 98.2 Å². The Hall–Kier alpha value is 1.11. The van der Waals surface area contributed by atoms with E-state index in [1.165, 1.54) is 6.42 Å². The Balaban J connectivity index is 0.000000640. The van der Waals surface area contributed by atoms with Crippen LogP contribution in [-0.4, -0.2) is 63.8 Å². The molecule has 1 aliphatic heterocycles. The van der Waals surface area contributed by atoms with Crippen molar-refractivity contribution in [2.24, 2.45) is 0 Å². The second-order valence-corrected chi connectivity index (χ2v) is 2.16. The molecule has 0 bridgehead atoms. The Morgan fingerprint density at radius 1 is 1.22 bits per heavy atom. The van der Waals surface area contributed by atoms with Crippen LogP contribution in [0.15, 0.2) is 0 Å². The zero-order valence-electron chi connectivity index (χ0n) is 4.94. The maximum atomic E-state index is 10.6. The van der Waals surface area contributed by atoms with E-state index in [0.717, 1.165) is 25.8 Å². The van der Waals surface area contributed by atoms with Gasteiger partial charge in [-0.25, -0.2) is 0 Å². The first-order valence-electron chi connectivity index (χ1n) is 3.16. The molecule has 3 heteroatoms. The summed E-state index contributed by atoms with van der Waals surface area (Å²) in [6, 6.07) is 0. The van der Waals surface area contributed by atoms with Gasteiger partial charge in [0.25, 0.3) is 0 Å². The number of hydrogen-bond donors (Lipinski definition) is 1. The van der Waals surface area contributed by atoms with Crippen molar-refractivity contribution >= 4 is 57.3 Å². The Kier molecular flexibility index (Phi) is 6.58. The van der Waals surface area contributed by atoms with Crippen LogP contribution in [0.3, 0.4) is 0 Å². The van der Waals surface area contributed by atoms with Crippen LogP contribution in [0.5, 0.6) is 0 Å². The van der Waals surface area contributed by atoms with Gasteiger partial charge in [0.15, 0.2) is 0 Å². The third-order valence-corrected chi connectivity index (χ3v) is 1.40. The number of rotatable bonds is 0. The summed E-state index contributed by atoms with van der Waals surface area (Å²) in [5, 5.41) is 2.81. The summed E-state index contributed by atoms with van der Waals surface area (Å²) in [4.78, 5) is 10.6. The Bertz CT molecular complexity index is 85.1. The average molecular weight is 153 g/mol. The standard InChI is InChI=1S/C6H11NO.K.H/c8-6-4-2-1-3-5-7-6;;/h1-5H2,(H,7,8);;. The molecule has 0 saturated carbocycles.